The number of para-hydroxylation sites is 1. The molecule has 1 heterocycles. The molecule has 5 aromatic rings. The first-order valence-corrected chi connectivity index (χ1v) is 9.04. The van der Waals surface area contributed by atoms with E-state index in [1.54, 1.807) is 0 Å². The lowest BCUT2D eigenvalue weighted by molar-refractivity contribution is 1.18. The minimum Gasteiger partial charge on any atom is -0.309 e. The number of aromatic nitrogens is 1. The van der Waals surface area contributed by atoms with Gasteiger partial charge in [0.2, 0.25) is 0 Å². The van der Waals surface area contributed by atoms with Crippen LogP contribution >= 0.6 is 11.6 Å². The SMILES string of the molecule is Clc1cccc2c1c1ccccc1n2-c1ccc(-c2ccccc2)cc1. The van der Waals surface area contributed by atoms with Gasteiger partial charge in [-0.25, -0.2) is 0 Å². The van der Waals surface area contributed by atoms with Gasteiger partial charge in [-0.2, -0.15) is 0 Å². The zero-order chi connectivity index (χ0) is 17.5. The summed E-state index contributed by atoms with van der Waals surface area (Å²) < 4.78 is 2.28. The summed E-state index contributed by atoms with van der Waals surface area (Å²) in [6, 6.07) is 33.7. The molecule has 0 saturated heterocycles. The van der Waals surface area contributed by atoms with E-state index in [2.05, 4.69) is 83.4 Å². The summed E-state index contributed by atoms with van der Waals surface area (Å²) in [6.45, 7) is 0. The molecule has 1 nitrogen and oxygen atoms in total. The van der Waals surface area contributed by atoms with Gasteiger partial charge in [0.15, 0.2) is 0 Å². The molecular formula is C24H16ClN. The van der Waals surface area contributed by atoms with E-state index in [0.717, 1.165) is 21.6 Å². The van der Waals surface area contributed by atoms with E-state index in [1.165, 1.54) is 22.0 Å². The van der Waals surface area contributed by atoms with Crippen molar-refractivity contribution in [3.63, 3.8) is 0 Å². The van der Waals surface area contributed by atoms with E-state index in [1.807, 2.05) is 18.2 Å². The standard InChI is InChI=1S/C24H16ClN/c25-21-10-6-12-23-24(21)20-9-4-5-11-22(20)26(23)19-15-13-18(14-16-19)17-7-2-1-3-8-17/h1-16H. The van der Waals surface area contributed by atoms with Crippen LogP contribution in [0.3, 0.4) is 0 Å². The molecule has 5 rings (SSSR count). The van der Waals surface area contributed by atoms with Crippen LogP contribution in [0.1, 0.15) is 0 Å². The molecule has 0 atom stereocenters. The molecule has 0 bridgehead atoms. The lowest BCUT2D eigenvalue weighted by Gasteiger charge is -2.09. The molecule has 0 amide bonds. The molecule has 0 unspecified atom stereocenters. The van der Waals surface area contributed by atoms with Crippen LogP contribution in [0, 0.1) is 0 Å². The highest BCUT2D eigenvalue weighted by atomic mass is 35.5. The number of hydrogen-bond acceptors (Lipinski definition) is 0. The van der Waals surface area contributed by atoms with Gasteiger partial charge in [-0.1, -0.05) is 78.3 Å². The Morgan fingerprint density at radius 1 is 0.538 bits per heavy atom. The molecular weight excluding hydrogens is 338 g/mol. The predicted molar refractivity (Wildman–Crippen MR) is 111 cm³/mol. The van der Waals surface area contributed by atoms with Gasteiger partial charge in [-0.3, -0.25) is 0 Å². The average Bonchev–Trinajstić information content (AvgIpc) is 3.04. The van der Waals surface area contributed by atoms with Crippen molar-refractivity contribution >= 4 is 33.4 Å². The lowest BCUT2D eigenvalue weighted by Crippen LogP contribution is -1.93. The molecule has 0 N–H and O–H groups in total. The minimum absolute atomic E-state index is 0.790. The smallest absolute Gasteiger partial charge is 0.0556 e. The third kappa shape index (κ3) is 2.33. The number of hydrogen-bond donors (Lipinski definition) is 0. The maximum Gasteiger partial charge on any atom is 0.0556 e. The fourth-order valence-electron chi connectivity index (χ4n) is 3.69. The van der Waals surface area contributed by atoms with Gasteiger partial charge in [0.1, 0.15) is 0 Å². The monoisotopic (exact) mass is 353 g/mol. The Bertz CT molecular complexity index is 1220. The second-order valence-electron chi connectivity index (χ2n) is 6.40. The summed E-state index contributed by atoms with van der Waals surface area (Å²) in [7, 11) is 0. The van der Waals surface area contributed by atoms with E-state index in [4.69, 9.17) is 11.6 Å². The molecule has 0 spiro atoms. The fourth-order valence-corrected chi connectivity index (χ4v) is 3.96. The van der Waals surface area contributed by atoms with Gasteiger partial charge in [-0.05, 0) is 41.5 Å². The van der Waals surface area contributed by atoms with Crippen molar-refractivity contribution in [3.05, 3.63) is 102 Å². The molecule has 0 fully saturated rings. The number of fused-ring (bicyclic) bond motifs is 3. The van der Waals surface area contributed by atoms with Crippen LogP contribution in [0.2, 0.25) is 5.02 Å². The number of benzene rings is 4. The molecule has 4 aromatic carbocycles. The van der Waals surface area contributed by atoms with Crippen LogP contribution in [-0.2, 0) is 0 Å². The summed E-state index contributed by atoms with van der Waals surface area (Å²) in [5, 5.41) is 3.08. The first-order chi connectivity index (χ1) is 12.8. The highest BCUT2D eigenvalue weighted by Gasteiger charge is 2.13. The Balaban J connectivity index is 1.75. The van der Waals surface area contributed by atoms with Crippen molar-refractivity contribution < 1.29 is 0 Å². The van der Waals surface area contributed by atoms with Crippen molar-refractivity contribution in [2.45, 2.75) is 0 Å². The first kappa shape index (κ1) is 15.2. The van der Waals surface area contributed by atoms with Crippen LogP contribution in [-0.4, -0.2) is 4.57 Å². The van der Waals surface area contributed by atoms with Crippen molar-refractivity contribution in [1.29, 1.82) is 0 Å². The largest absolute Gasteiger partial charge is 0.309 e. The van der Waals surface area contributed by atoms with E-state index in [-0.39, 0.29) is 0 Å². The number of rotatable bonds is 2. The third-order valence-electron chi connectivity index (χ3n) is 4.88. The number of halogens is 1. The minimum atomic E-state index is 0.790. The topological polar surface area (TPSA) is 4.93 Å². The summed E-state index contributed by atoms with van der Waals surface area (Å²) in [6.07, 6.45) is 0. The van der Waals surface area contributed by atoms with Gasteiger partial charge < -0.3 is 4.57 Å². The van der Waals surface area contributed by atoms with E-state index in [9.17, 15) is 0 Å². The Morgan fingerprint density at radius 2 is 1.19 bits per heavy atom. The van der Waals surface area contributed by atoms with Crippen LogP contribution in [0.5, 0.6) is 0 Å². The van der Waals surface area contributed by atoms with Crippen molar-refractivity contribution in [3.8, 4) is 16.8 Å². The molecule has 1 aromatic heterocycles. The first-order valence-electron chi connectivity index (χ1n) is 8.66. The van der Waals surface area contributed by atoms with Crippen LogP contribution < -0.4 is 0 Å². The maximum atomic E-state index is 6.53. The highest BCUT2D eigenvalue weighted by Crippen LogP contribution is 2.36. The Morgan fingerprint density at radius 3 is 2.00 bits per heavy atom. The Labute approximate surface area is 157 Å². The normalized spacial score (nSPS) is 11.3. The van der Waals surface area contributed by atoms with Gasteiger partial charge >= 0.3 is 0 Å². The van der Waals surface area contributed by atoms with Crippen molar-refractivity contribution in [2.75, 3.05) is 0 Å². The maximum absolute atomic E-state index is 6.53. The summed E-state index contributed by atoms with van der Waals surface area (Å²) >= 11 is 6.53. The van der Waals surface area contributed by atoms with E-state index >= 15 is 0 Å². The van der Waals surface area contributed by atoms with E-state index in [0.29, 0.717) is 0 Å². The lowest BCUT2D eigenvalue weighted by atomic mass is 10.1. The average molecular weight is 354 g/mol. The quantitative estimate of drug-likeness (QED) is 0.319. The molecule has 26 heavy (non-hydrogen) atoms. The van der Waals surface area contributed by atoms with Crippen LogP contribution in [0.15, 0.2) is 97.1 Å². The molecule has 124 valence electrons. The van der Waals surface area contributed by atoms with Crippen molar-refractivity contribution in [2.24, 2.45) is 0 Å². The van der Waals surface area contributed by atoms with Crippen molar-refractivity contribution in [1.82, 2.24) is 4.57 Å². The fraction of sp³-hybridized carbons (Fsp3) is 0. The summed E-state index contributed by atoms with van der Waals surface area (Å²) in [4.78, 5) is 0. The molecule has 2 heteroatoms. The zero-order valence-corrected chi connectivity index (χ0v) is 14.8. The second kappa shape index (κ2) is 6.05. The summed E-state index contributed by atoms with van der Waals surface area (Å²) in [5.74, 6) is 0. The molecule has 0 saturated carbocycles. The number of nitrogens with zero attached hydrogens (tertiary/aromatic N) is 1. The van der Waals surface area contributed by atoms with Crippen LogP contribution in [0.4, 0.5) is 0 Å². The Kier molecular flexibility index (Phi) is 3.55. The van der Waals surface area contributed by atoms with Gasteiger partial charge in [-0.15, -0.1) is 0 Å². The molecule has 0 aliphatic rings. The molecule has 0 aliphatic heterocycles. The van der Waals surface area contributed by atoms with Gasteiger partial charge in [0.25, 0.3) is 0 Å². The van der Waals surface area contributed by atoms with Gasteiger partial charge in [0, 0.05) is 16.5 Å². The van der Waals surface area contributed by atoms with Crippen LogP contribution in [0.25, 0.3) is 38.6 Å². The zero-order valence-electron chi connectivity index (χ0n) is 14.1. The van der Waals surface area contributed by atoms with E-state index < -0.39 is 0 Å². The Hall–Kier alpha value is -3.03. The summed E-state index contributed by atoms with van der Waals surface area (Å²) in [5.41, 5.74) is 5.88. The van der Waals surface area contributed by atoms with Gasteiger partial charge in [0.05, 0.1) is 16.1 Å². The molecule has 0 aliphatic carbocycles. The molecule has 0 radical (unpaired) electrons. The predicted octanol–water partition coefficient (Wildman–Crippen LogP) is 7.10. The second-order valence-corrected chi connectivity index (χ2v) is 6.81. The third-order valence-corrected chi connectivity index (χ3v) is 5.19. The highest BCUT2D eigenvalue weighted by molar-refractivity contribution is 6.38.